The van der Waals surface area contributed by atoms with Crippen LogP contribution < -0.4 is 10.0 Å². The summed E-state index contributed by atoms with van der Waals surface area (Å²) in [5.74, 6) is -6.99. The summed E-state index contributed by atoms with van der Waals surface area (Å²) in [7, 11) is -2.54. The second-order valence-corrected chi connectivity index (χ2v) is 5.50. The van der Waals surface area contributed by atoms with Crippen LogP contribution in [0.3, 0.4) is 0 Å². The van der Waals surface area contributed by atoms with Crippen molar-refractivity contribution in [1.82, 2.24) is 4.72 Å². The first kappa shape index (κ1) is 16.4. The van der Waals surface area contributed by atoms with Crippen LogP contribution in [0.1, 0.15) is 0 Å². The predicted molar refractivity (Wildman–Crippen MR) is 62.3 cm³/mol. The van der Waals surface area contributed by atoms with E-state index in [4.69, 9.17) is 0 Å². The Balaban J connectivity index is 2.89. The predicted octanol–water partition coefficient (Wildman–Crippen LogP) is 1.43. The van der Waals surface area contributed by atoms with Gasteiger partial charge in [-0.05, 0) is 31.3 Å². The zero-order valence-electron chi connectivity index (χ0n) is 10.0. The highest BCUT2D eigenvalue weighted by Gasteiger charge is 2.48. The highest BCUT2D eigenvalue weighted by molar-refractivity contribution is 7.89. The maximum Gasteiger partial charge on any atom is 0.383 e. The summed E-state index contributed by atoms with van der Waals surface area (Å²) in [6, 6.07) is 4.07. The van der Waals surface area contributed by atoms with E-state index in [1.165, 1.54) is 7.05 Å². The van der Waals surface area contributed by atoms with Crippen LogP contribution in [0.2, 0.25) is 0 Å². The van der Waals surface area contributed by atoms with Crippen molar-refractivity contribution in [2.24, 2.45) is 0 Å². The van der Waals surface area contributed by atoms with Gasteiger partial charge in [-0.1, -0.05) is 0 Å². The second kappa shape index (κ2) is 5.75. The lowest BCUT2D eigenvalue weighted by atomic mass is 10.3. The van der Waals surface area contributed by atoms with Crippen LogP contribution in [0.5, 0.6) is 0 Å². The molecule has 0 spiro atoms. The Labute approximate surface area is 112 Å². The van der Waals surface area contributed by atoms with Crippen LogP contribution in [0.15, 0.2) is 29.2 Å². The summed E-state index contributed by atoms with van der Waals surface area (Å²) in [4.78, 5) is 10.8. The standard InChI is InChI=1S/C10H10F4N2O3S/c1-15-20(18,19)7-4-2-6(3-5-7)16-9(17)10(13,14)8(11)12/h2-5,8,15H,1H3,(H,16,17). The summed E-state index contributed by atoms with van der Waals surface area (Å²) in [5.41, 5.74) is -0.231. The molecule has 0 aliphatic carbocycles. The molecule has 0 unspecified atom stereocenters. The molecule has 2 N–H and O–H groups in total. The Morgan fingerprint density at radius 1 is 1.20 bits per heavy atom. The molecule has 0 atom stereocenters. The zero-order chi connectivity index (χ0) is 15.6. The molecule has 1 rings (SSSR count). The van der Waals surface area contributed by atoms with Crippen LogP contribution >= 0.6 is 0 Å². The van der Waals surface area contributed by atoms with Crippen molar-refractivity contribution in [3.05, 3.63) is 24.3 Å². The fraction of sp³-hybridized carbons (Fsp3) is 0.300. The van der Waals surface area contributed by atoms with Crippen molar-refractivity contribution >= 4 is 21.6 Å². The summed E-state index contributed by atoms with van der Waals surface area (Å²) in [5, 5.41) is 1.58. The van der Waals surface area contributed by atoms with Gasteiger partial charge in [0.1, 0.15) is 0 Å². The van der Waals surface area contributed by atoms with Crippen molar-refractivity contribution in [3.8, 4) is 0 Å². The van der Waals surface area contributed by atoms with E-state index in [0.29, 0.717) is 0 Å². The lowest BCUT2D eigenvalue weighted by molar-refractivity contribution is -0.163. The van der Waals surface area contributed by atoms with E-state index in [0.717, 1.165) is 24.3 Å². The molecule has 5 nitrogen and oxygen atoms in total. The van der Waals surface area contributed by atoms with Gasteiger partial charge in [-0.3, -0.25) is 4.79 Å². The van der Waals surface area contributed by atoms with Crippen LogP contribution in [-0.4, -0.2) is 33.7 Å². The minimum Gasteiger partial charge on any atom is -0.321 e. The van der Waals surface area contributed by atoms with Crippen molar-refractivity contribution < 1.29 is 30.8 Å². The Morgan fingerprint density at radius 2 is 1.70 bits per heavy atom. The van der Waals surface area contributed by atoms with Gasteiger partial charge in [0.25, 0.3) is 0 Å². The van der Waals surface area contributed by atoms with E-state index in [2.05, 4.69) is 0 Å². The number of hydrogen-bond donors (Lipinski definition) is 2. The molecule has 1 aromatic rings. The van der Waals surface area contributed by atoms with Crippen LogP contribution in [0, 0.1) is 0 Å². The average molecular weight is 314 g/mol. The van der Waals surface area contributed by atoms with Crippen molar-refractivity contribution in [3.63, 3.8) is 0 Å². The highest BCUT2D eigenvalue weighted by atomic mass is 32.2. The van der Waals surface area contributed by atoms with E-state index in [1.54, 1.807) is 5.32 Å². The Bertz CT molecular complexity index is 587. The van der Waals surface area contributed by atoms with Crippen LogP contribution in [0.25, 0.3) is 0 Å². The van der Waals surface area contributed by atoms with Crippen molar-refractivity contribution in [1.29, 1.82) is 0 Å². The molecular weight excluding hydrogens is 304 g/mol. The number of nitrogens with one attached hydrogen (secondary N) is 2. The number of benzene rings is 1. The molecule has 0 radical (unpaired) electrons. The lowest BCUT2D eigenvalue weighted by Crippen LogP contribution is -2.40. The number of carbonyl (C=O) groups excluding carboxylic acids is 1. The third-order valence-corrected chi connectivity index (χ3v) is 3.70. The number of alkyl halides is 4. The Kier molecular flexibility index (Phi) is 4.71. The fourth-order valence-corrected chi connectivity index (χ4v) is 1.88. The SMILES string of the molecule is CNS(=O)(=O)c1ccc(NC(=O)C(F)(F)C(F)F)cc1. The minimum absolute atomic E-state index is 0.168. The number of halogens is 4. The topological polar surface area (TPSA) is 75.3 Å². The lowest BCUT2D eigenvalue weighted by Gasteiger charge is -2.14. The maximum absolute atomic E-state index is 12.7. The molecule has 0 aliphatic rings. The van der Waals surface area contributed by atoms with E-state index in [1.807, 2.05) is 4.72 Å². The van der Waals surface area contributed by atoms with Gasteiger partial charge in [0.2, 0.25) is 10.0 Å². The number of hydrogen-bond acceptors (Lipinski definition) is 3. The average Bonchev–Trinajstić information content (AvgIpc) is 2.39. The Hall–Kier alpha value is -1.68. The quantitative estimate of drug-likeness (QED) is 0.808. The van der Waals surface area contributed by atoms with Crippen molar-refractivity contribution in [2.45, 2.75) is 17.2 Å². The third kappa shape index (κ3) is 3.45. The maximum atomic E-state index is 12.7. The molecule has 0 fully saturated rings. The molecule has 0 aromatic heterocycles. The van der Waals surface area contributed by atoms with E-state index < -0.39 is 28.3 Å². The molecule has 0 heterocycles. The number of anilines is 1. The van der Waals surface area contributed by atoms with Gasteiger partial charge in [0, 0.05) is 5.69 Å². The van der Waals surface area contributed by atoms with Crippen LogP contribution in [0.4, 0.5) is 23.2 Å². The molecule has 10 heteroatoms. The molecule has 1 aromatic carbocycles. The molecule has 20 heavy (non-hydrogen) atoms. The van der Waals surface area contributed by atoms with Gasteiger partial charge >= 0.3 is 18.3 Å². The molecule has 0 bridgehead atoms. The van der Waals surface area contributed by atoms with Gasteiger partial charge in [-0.2, -0.15) is 8.78 Å². The second-order valence-electron chi connectivity index (χ2n) is 3.61. The zero-order valence-corrected chi connectivity index (χ0v) is 10.8. The van der Waals surface area contributed by atoms with E-state index in [9.17, 15) is 30.8 Å². The van der Waals surface area contributed by atoms with Crippen molar-refractivity contribution in [2.75, 3.05) is 12.4 Å². The third-order valence-electron chi connectivity index (χ3n) is 2.27. The molecule has 112 valence electrons. The summed E-state index contributed by atoms with van der Waals surface area (Å²) < 4.78 is 74.0. The molecule has 1 amide bonds. The first-order valence-electron chi connectivity index (χ1n) is 5.12. The summed E-state index contributed by atoms with van der Waals surface area (Å²) in [6.07, 6.45) is -4.13. The summed E-state index contributed by atoms with van der Waals surface area (Å²) >= 11 is 0. The van der Waals surface area contributed by atoms with Gasteiger partial charge in [-0.15, -0.1) is 0 Å². The van der Waals surface area contributed by atoms with Gasteiger partial charge in [0.15, 0.2) is 0 Å². The van der Waals surface area contributed by atoms with E-state index in [-0.39, 0.29) is 10.6 Å². The number of rotatable bonds is 5. The van der Waals surface area contributed by atoms with Gasteiger partial charge in [0.05, 0.1) is 4.90 Å². The van der Waals surface area contributed by atoms with Gasteiger partial charge < -0.3 is 5.32 Å². The fourth-order valence-electron chi connectivity index (χ4n) is 1.15. The molecule has 0 saturated heterocycles. The molecular formula is C10H10F4N2O3S. The highest BCUT2D eigenvalue weighted by Crippen LogP contribution is 2.25. The summed E-state index contributed by atoms with van der Waals surface area (Å²) in [6.45, 7) is 0. The van der Waals surface area contributed by atoms with Gasteiger partial charge in [-0.25, -0.2) is 21.9 Å². The Morgan fingerprint density at radius 3 is 2.10 bits per heavy atom. The largest absolute Gasteiger partial charge is 0.383 e. The molecule has 0 aliphatic heterocycles. The monoisotopic (exact) mass is 314 g/mol. The first-order valence-corrected chi connectivity index (χ1v) is 6.60. The minimum atomic E-state index is -4.82. The van der Waals surface area contributed by atoms with E-state index >= 15 is 0 Å². The number of carbonyl (C=O) groups is 1. The number of sulfonamides is 1. The smallest absolute Gasteiger partial charge is 0.321 e. The molecule has 0 saturated carbocycles. The first-order chi connectivity index (χ1) is 9.11. The number of amides is 1. The normalized spacial score (nSPS) is 12.5. The van der Waals surface area contributed by atoms with Crippen LogP contribution in [-0.2, 0) is 14.8 Å².